The first-order chi connectivity index (χ1) is 11.4. The molecular formula is C17H21FN2O4. The smallest absolute Gasteiger partial charge is 0.328 e. The molecule has 6 nitrogen and oxygen atoms in total. The van der Waals surface area contributed by atoms with Crippen molar-refractivity contribution in [1.82, 2.24) is 10.2 Å². The van der Waals surface area contributed by atoms with Crippen molar-refractivity contribution >= 4 is 17.8 Å². The van der Waals surface area contributed by atoms with Gasteiger partial charge in [0.05, 0.1) is 5.41 Å². The van der Waals surface area contributed by atoms with Crippen LogP contribution in [0.2, 0.25) is 0 Å². The Hall–Kier alpha value is -2.44. The van der Waals surface area contributed by atoms with Gasteiger partial charge in [-0.3, -0.25) is 9.59 Å². The Bertz CT molecular complexity index is 622. The van der Waals surface area contributed by atoms with Crippen molar-refractivity contribution in [3.05, 3.63) is 35.9 Å². The van der Waals surface area contributed by atoms with E-state index in [9.17, 15) is 18.8 Å². The van der Waals surface area contributed by atoms with Crippen LogP contribution in [0.5, 0.6) is 0 Å². The predicted octanol–water partition coefficient (Wildman–Crippen LogP) is 1.47. The number of rotatable bonds is 5. The maximum Gasteiger partial charge on any atom is 0.328 e. The Labute approximate surface area is 139 Å². The van der Waals surface area contributed by atoms with Crippen molar-refractivity contribution in [2.24, 2.45) is 5.41 Å². The number of amides is 2. The fourth-order valence-electron chi connectivity index (χ4n) is 2.86. The van der Waals surface area contributed by atoms with Crippen molar-refractivity contribution in [3.63, 3.8) is 0 Å². The van der Waals surface area contributed by atoms with Crippen LogP contribution in [0.1, 0.15) is 30.1 Å². The van der Waals surface area contributed by atoms with E-state index in [1.54, 1.807) is 36.1 Å². The van der Waals surface area contributed by atoms with Crippen LogP contribution in [0.4, 0.5) is 4.39 Å². The van der Waals surface area contributed by atoms with Crippen LogP contribution in [-0.2, 0) is 9.59 Å². The molecule has 1 aromatic carbocycles. The second kappa shape index (κ2) is 7.42. The van der Waals surface area contributed by atoms with Gasteiger partial charge in [0.2, 0.25) is 5.91 Å². The van der Waals surface area contributed by atoms with Crippen LogP contribution in [0, 0.1) is 5.41 Å². The first-order valence-electron chi connectivity index (χ1n) is 7.81. The van der Waals surface area contributed by atoms with Gasteiger partial charge in [-0.05, 0) is 31.9 Å². The Morgan fingerprint density at radius 2 is 2.00 bits per heavy atom. The number of carboxylic acid groups (broad SMARTS) is 1. The number of likely N-dealkylation sites (tertiary alicyclic amines) is 1. The van der Waals surface area contributed by atoms with Gasteiger partial charge in [0.25, 0.3) is 5.91 Å². The molecule has 1 aliphatic rings. The Morgan fingerprint density at radius 1 is 1.33 bits per heavy atom. The summed E-state index contributed by atoms with van der Waals surface area (Å²) in [5.74, 6) is -2.13. The van der Waals surface area contributed by atoms with Gasteiger partial charge in [-0.15, -0.1) is 0 Å². The minimum atomic E-state index is -1.56. The lowest BCUT2D eigenvalue weighted by atomic mass is 9.80. The van der Waals surface area contributed by atoms with Crippen molar-refractivity contribution in [2.45, 2.75) is 25.8 Å². The number of aliphatic carboxylic acids is 1. The maximum atomic E-state index is 12.7. The van der Waals surface area contributed by atoms with Gasteiger partial charge in [0, 0.05) is 18.7 Å². The summed E-state index contributed by atoms with van der Waals surface area (Å²) in [6, 6.07) is 7.20. The Morgan fingerprint density at radius 3 is 2.58 bits per heavy atom. The number of nitrogens with one attached hydrogen (secondary N) is 1. The van der Waals surface area contributed by atoms with Crippen molar-refractivity contribution in [2.75, 3.05) is 19.8 Å². The molecule has 2 amide bonds. The van der Waals surface area contributed by atoms with Crippen LogP contribution < -0.4 is 5.32 Å². The molecule has 0 radical (unpaired) electrons. The quantitative estimate of drug-likeness (QED) is 0.852. The summed E-state index contributed by atoms with van der Waals surface area (Å²) in [4.78, 5) is 37.4. The van der Waals surface area contributed by atoms with Crippen molar-refractivity contribution in [3.8, 4) is 0 Å². The van der Waals surface area contributed by atoms with Gasteiger partial charge in [0.1, 0.15) is 6.67 Å². The van der Waals surface area contributed by atoms with Crippen LogP contribution in [0.15, 0.2) is 30.3 Å². The van der Waals surface area contributed by atoms with E-state index in [1.807, 2.05) is 6.07 Å². The number of carbonyl (C=O) groups is 3. The zero-order valence-corrected chi connectivity index (χ0v) is 13.5. The summed E-state index contributed by atoms with van der Waals surface area (Å²) in [6.07, 6.45) is 1.13. The summed E-state index contributed by atoms with van der Waals surface area (Å²) in [6.45, 7) is 1.20. The summed E-state index contributed by atoms with van der Waals surface area (Å²) in [5.41, 5.74) is -0.403. The maximum absolute atomic E-state index is 12.7. The molecule has 1 aromatic rings. The molecule has 1 heterocycles. The molecule has 0 bridgehead atoms. The van der Waals surface area contributed by atoms with E-state index in [1.165, 1.54) is 0 Å². The van der Waals surface area contributed by atoms with E-state index >= 15 is 0 Å². The Balaban J connectivity index is 2.09. The van der Waals surface area contributed by atoms with Crippen molar-refractivity contribution in [1.29, 1.82) is 0 Å². The highest BCUT2D eigenvalue weighted by atomic mass is 19.1. The molecular weight excluding hydrogens is 315 g/mol. The Kier molecular flexibility index (Phi) is 5.54. The second-order valence-electron chi connectivity index (χ2n) is 6.28. The van der Waals surface area contributed by atoms with E-state index in [2.05, 4.69) is 5.32 Å². The molecule has 0 aromatic heterocycles. The van der Waals surface area contributed by atoms with Crippen LogP contribution in [-0.4, -0.2) is 53.6 Å². The average molecular weight is 336 g/mol. The summed E-state index contributed by atoms with van der Waals surface area (Å²) >= 11 is 0. The zero-order valence-electron chi connectivity index (χ0n) is 13.5. The number of halogens is 1. The highest BCUT2D eigenvalue weighted by Crippen LogP contribution is 2.30. The molecule has 2 rings (SSSR count). The number of piperidine rings is 1. The SMILES string of the molecule is CC1(C(=O)NC(CF)C(=O)O)CCCN(C(=O)c2ccccc2)C1. The number of benzene rings is 1. The summed E-state index contributed by atoms with van der Waals surface area (Å²) in [7, 11) is 0. The average Bonchev–Trinajstić information content (AvgIpc) is 2.59. The molecule has 1 aliphatic heterocycles. The highest BCUT2D eigenvalue weighted by Gasteiger charge is 2.40. The van der Waals surface area contributed by atoms with Crippen molar-refractivity contribution < 1.29 is 23.9 Å². The third-order valence-electron chi connectivity index (χ3n) is 4.31. The molecule has 1 saturated heterocycles. The lowest BCUT2D eigenvalue weighted by molar-refractivity contribution is -0.145. The van der Waals surface area contributed by atoms with E-state index in [0.717, 1.165) is 0 Å². The molecule has 2 N–H and O–H groups in total. The molecule has 0 aliphatic carbocycles. The molecule has 0 saturated carbocycles. The van der Waals surface area contributed by atoms with E-state index in [-0.39, 0.29) is 12.5 Å². The number of nitrogens with zero attached hydrogens (tertiary/aromatic N) is 1. The lowest BCUT2D eigenvalue weighted by Crippen LogP contribution is -2.55. The monoisotopic (exact) mass is 336 g/mol. The van der Waals surface area contributed by atoms with E-state index in [0.29, 0.717) is 24.9 Å². The number of hydrogen-bond donors (Lipinski definition) is 2. The molecule has 2 atom stereocenters. The fourth-order valence-corrected chi connectivity index (χ4v) is 2.86. The summed E-state index contributed by atoms with van der Waals surface area (Å²) < 4.78 is 12.7. The topological polar surface area (TPSA) is 86.7 Å². The first kappa shape index (κ1) is 17.9. The molecule has 24 heavy (non-hydrogen) atoms. The molecule has 0 spiro atoms. The lowest BCUT2D eigenvalue weighted by Gasteiger charge is -2.39. The van der Waals surface area contributed by atoms with Gasteiger partial charge in [0.15, 0.2) is 6.04 Å². The van der Waals surface area contributed by atoms with Crippen LogP contribution >= 0.6 is 0 Å². The normalized spacial score (nSPS) is 21.8. The first-order valence-corrected chi connectivity index (χ1v) is 7.81. The van der Waals surface area contributed by atoms with Gasteiger partial charge < -0.3 is 15.3 Å². The number of alkyl halides is 1. The van der Waals surface area contributed by atoms with Gasteiger partial charge in [-0.2, -0.15) is 0 Å². The third-order valence-corrected chi connectivity index (χ3v) is 4.31. The summed E-state index contributed by atoms with van der Waals surface area (Å²) in [5, 5.41) is 11.1. The molecule has 2 unspecified atom stereocenters. The molecule has 1 fully saturated rings. The second-order valence-corrected chi connectivity index (χ2v) is 6.28. The highest BCUT2D eigenvalue weighted by molar-refractivity contribution is 5.95. The van der Waals surface area contributed by atoms with E-state index in [4.69, 9.17) is 5.11 Å². The van der Waals surface area contributed by atoms with Crippen LogP contribution in [0.25, 0.3) is 0 Å². The zero-order chi connectivity index (χ0) is 17.7. The standard InChI is InChI=1S/C17H21FN2O4/c1-17(16(24)19-13(10-18)15(22)23)8-5-9-20(11-17)14(21)12-6-3-2-4-7-12/h2-4,6-7,13H,5,8-11H2,1H3,(H,19,24)(H,22,23). The minimum Gasteiger partial charge on any atom is -0.480 e. The van der Waals surface area contributed by atoms with Gasteiger partial charge in [-0.1, -0.05) is 18.2 Å². The van der Waals surface area contributed by atoms with Crippen LogP contribution in [0.3, 0.4) is 0 Å². The van der Waals surface area contributed by atoms with E-state index < -0.39 is 30.0 Å². The number of carboxylic acids is 1. The largest absolute Gasteiger partial charge is 0.480 e. The van der Waals surface area contributed by atoms with Gasteiger partial charge in [-0.25, -0.2) is 9.18 Å². The van der Waals surface area contributed by atoms with Gasteiger partial charge >= 0.3 is 5.97 Å². The minimum absolute atomic E-state index is 0.172. The molecule has 130 valence electrons. The molecule has 7 heteroatoms. The fraction of sp³-hybridized carbons (Fsp3) is 0.471. The number of carbonyl (C=O) groups excluding carboxylic acids is 2. The predicted molar refractivity (Wildman–Crippen MR) is 85.2 cm³/mol. The number of hydrogen-bond acceptors (Lipinski definition) is 3. The third kappa shape index (κ3) is 3.90.